The van der Waals surface area contributed by atoms with Crippen LogP contribution in [0.1, 0.15) is 11.4 Å². The maximum Gasteiger partial charge on any atom is 0.268 e. The van der Waals surface area contributed by atoms with Gasteiger partial charge in [0.1, 0.15) is 10.5 Å². The molecule has 4 rings (SSSR count). The van der Waals surface area contributed by atoms with Gasteiger partial charge in [0, 0.05) is 10.9 Å². The molecular weight excluding hydrogens is 358 g/mol. The SMILES string of the molecule is Cc1ccc(-c2csc(SCc3nc4ccsc4c(=O)[nH]3)n2)cc1. The van der Waals surface area contributed by atoms with Crippen LogP contribution in [0.5, 0.6) is 0 Å². The normalized spacial score (nSPS) is 11.2. The number of H-pyrrole nitrogens is 1. The summed E-state index contributed by atoms with van der Waals surface area (Å²) in [4.78, 5) is 24.0. The molecule has 0 aliphatic carbocycles. The summed E-state index contributed by atoms with van der Waals surface area (Å²) in [5, 5.41) is 3.95. The van der Waals surface area contributed by atoms with Gasteiger partial charge in [-0.05, 0) is 18.4 Å². The number of thiophene rings is 1. The highest BCUT2D eigenvalue weighted by atomic mass is 32.2. The van der Waals surface area contributed by atoms with Crippen molar-refractivity contribution in [3.05, 3.63) is 62.8 Å². The zero-order valence-corrected chi connectivity index (χ0v) is 15.2. The molecule has 1 N–H and O–H groups in total. The van der Waals surface area contributed by atoms with E-state index in [2.05, 4.69) is 51.5 Å². The van der Waals surface area contributed by atoms with Gasteiger partial charge in [-0.1, -0.05) is 41.6 Å². The fraction of sp³-hybridized carbons (Fsp3) is 0.118. The number of aromatic nitrogens is 3. The van der Waals surface area contributed by atoms with Gasteiger partial charge in [-0.2, -0.15) is 0 Å². The third-order valence-electron chi connectivity index (χ3n) is 3.53. The lowest BCUT2D eigenvalue weighted by Crippen LogP contribution is -2.09. The van der Waals surface area contributed by atoms with Crippen molar-refractivity contribution in [1.82, 2.24) is 15.0 Å². The Balaban J connectivity index is 1.51. The van der Waals surface area contributed by atoms with Gasteiger partial charge >= 0.3 is 0 Å². The van der Waals surface area contributed by atoms with Crippen LogP contribution in [0, 0.1) is 6.92 Å². The summed E-state index contributed by atoms with van der Waals surface area (Å²) in [7, 11) is 0. The molecule has 4 aromatic rings. The summed E-state index contributed by atoms with van der Waals surface area (Å²) in [6, 6.07) is 10.2. The maximum atomic E-state index is 12.0. The molecule has 3 heterocycles. The van der Waals surface area contributed by atoms with Crippen LogP contribution in [0.3, 0.4) is 0 Å². The Bertz CT molecular complexity index is 1050. The van der Waals surface area contributed by atoms with E-state index in [1.807, 2.05) is 11.4 Å². The van der Waals surface area contributed by atoms with Crippen molar-refractivity contribution in [2.75, 3.05) is 0 Å². The number of thiazole rings is 1. The summed E-state index contributed by atoms with van der Waals surface area (Å²) < 4.78 is 1.65. The Kier molecular flexibility index (Phi) is 4.22. The fourth-order valence-electron chi connectivity index (χ4n) is 2.30. The van der Waals surface area contributed by atoms with Crippen molar-refractivity contribution in [2.24, 2.45) is 0 Å². The second-order valence-corrected chi connectivity index (χ2v) is 8.30. The van der Waals surface area contributed by atoms with E-state index in [1.165, 1.54) is 16.9 Å². The lowest BCUT2D eigenvalue weighted by atomic mass is 10.1. The molecule has 0 aliphatic heterocycles. The van der Waals surface area contributed by atoms with Crippen molar-refractivity contribution in [3.8, 4) is 11.3 Å². The molecule has 0 amide bonds. The molecule has 24 heavy (non-hydrogen) atoms. The quantitative estimate of drug-likeness (QED) is 0.528. The van der Waals surface area contributed by atoms with Gasteiger partial charge in [0.05, 0.1) is 17.0 Å². The van der Waals surface area contributed by atoms with Gasteiger partial charge in [-0.25, -0.2) is 9.97 Å². The minimum absolute atomic E-state index is 0.0647. The van der Waals surface area contributed by atoms with Crippen molar-refractivity contribution >= 4 is 44.7 Å². The molecular formula is C17H13N3OS3. The summed E-state index contributed by atoms with van der Waals surface area (Å²) in [6.45, 7) is 2.07. The van der Waals surface area contributed by atoms with E-state index in [4.69, 9.17) is 0 Å². The highest BCUT2D eigenvalue weighted by Crippen LogP contribution is 2.30. The monoisotopic (exact) mass is 371 g/mol. The van der Waals surface area contributed by atoms with Crippen LogP contribution < -0.4 is 5.56 Å². The fourth-order valence-corrected chi connectivity index (χ4v) is 4.73. The summed E-state index contributed by atoms with van der Waals surface area (Å²) in [5.74, 6) is 1.28. The average Bonchev–Trinajstić information content (AvgIpc) is 3.23. The molecule has 0 bridgehead atoms. The smallest absolute Gasteiger partial charge is 0.268 e. The van der Waals surface area contributed by atoms with E-state index in [0.717, 1.165) is 21.1 Å². The second-order valence-electron chi connectivity index (χ2n) is 5.30. The first-order valence-electron chi connectivity index (χ1n) is 7.31. The van der Waals surface area contributed by atoms with Crippen LogP contribution in [-0.4, -0.2) is 15.0 Å². The molecule has 0 radical (unpaired) electrons. The van der Waals surface area contributed by atoms with E-state index in [1.54, 1.807) is 23.1 Å². The molecule has 0 atom stereocenters. The maximum absolute atomic E-state index is 12.0. The number of hydrogen-bond donors (Lipinski definition) is 1. The number of benzene rings is 1. The highest BCUT2D eigenvalue weighted by molar-refractivity contribution is 8.00. The number of aryl methyl sites for hydroxylation is 1. The Labute approximate surface area is 150 Å². The van der Waals surface area contributed by atoms with Crippen LogP contribution >= 0.6 is 34.4 Å². The molecule has 0 fully saturated rings. The van der Waals surface area contributed by atoms with Crippen LogP contribution in [0.25, 0.3) is 21.5 Å². The highest BCUT2D eigenvalue weighted by Gasteiger charge is 2.08. The average molecular weight is 372 g/mol. The van der Waals surface area contributed by atoms with Gasteiger partial charge in [0.25, 0.3) is 5.56 Å². The van der Waals surface area contributed by atoms with Gasteiger partial charge in [0.2, 0.25) is 0 Å². The molecule has 0 spiro atoms. The standard InChI is InChI=1S/C17H13N3OS3/c1-10-2-4-11(5-3-10)13-8-23-17(19-13)24-9-14-18-12-6-7-22-15(12)16(21)20-14/h2-8H,9H2,1H3,(H,18,20,21). The van der Waals surface area contributed by atoms with Gasteiger partial charge in [-0.3, -0.25) is 4.79 Å². The predicted molar refractivity (Wildman–Crippen MR) is 102 cm³/mol. The number of fused-ring (bicyclic) bond motifs is 1. The van der Waals surface area contributed by atoms with Gasteiger partial charge in [0.15, 0.2) is 4.34 Å². The molecule has 7 heteroatoms. The number of nitrogens with one attached hydrogen (secondary N) is 1. The Hall–Kier alpha value is -1.96. The second kappa shape index (κ2) is 6.51. The van der Waals surface area contributed by atoms with Crippen LogP contribution in [0.2, 0.25) is 0 Å². The first-order valence-corrected chi connectivity index (χ1v) is 10.1. The van der Waals surface area contributed by atoms with Gasteiger partial charge < -0.3 is 4.98 Å². The number of aromatic amines is 1. The van der Waals surface area contributed by atoms with Crippen LogP contribution in [0.4, 0.5) is 0 Å². The van der Waals surface area contributed by atoms with Crippen LogP contribution in [-0.2, 0) is 5.75 Å². The molecule has 1 aromatic carbocycles. The first-order chi connectivity index (χ1) is 11.7. The lowest BCUT2D eigenvalue weighted by molar-refractivity contribution is 1.04. The number of hydrogen-bond acceptors (Lipinski definition) is 6. The predicted octanol–water partition coefficient (Wildman–Crippen LogP) is 4.71. The van der Waals surface area contributed by atoms with Crippen molar-refractivity contribution in [1.29, 1.82) is 0 Å². The van der Waals surface area contributed by atoms with E-state index in [0.29, 0.717) is 16.3 Å². The molecule has 0 unspecified atom stereocenters. The third kappa shape index (κ3) is 3.15. The van der Waals surface area contributed by atoms with Crippen molar-refractivity contribution in [3.63, 3.8) is 0 Å². The third-order valence-corrected chi connectivity index (χ3v) is 6.46. The van der Waals surface area contributed by atoms with Crippen molar-refractivity contribution < 1.29 is 0 Å². The number of rotatable bonds is 4. The lowest BCUT2D eigenvalue weighted by Gasteiger charge is -1.99. The van der Waals surface area contributed by atoms with E-state index in [9.17, 15) is 4.79 Å². The number of thioether (sulfide) groups is 1. The van der Waals surface area contributed by atoms with E-state index < -0.39 is 0 Å². The minimum atomic E-state index is -0.0647. The zero-order chi connectivity index (χ0) is 16.5. The topological polar surface area (TPSA) is 58.6 Å². The van der Waals surface area contributed by atoms with Crippen molar-refractivity contribution in [2.45, 2.75) is 17.0 Å². The Morgan fingerprint density at radius 1 is 1.12 bits per heavy atom. The molecule has 3 aromatic heterocycles. The molecule has 4 nitrogen and oxygen atoms in total. The molecule has 0 saturated carbocycles. The minimum Gasteiger partial charge on any atom is -0.309 e. The largest absolute Gasteiger partial charge is 0.309 e. The van der Waals surface area contributed by atoms with Gasteiger partial charge in [-0.15, -0.1) is 22.7 Å². The molecule has 0 aliphatic rings. The Morgan fingerprint density at radius 3 is 2.79 bits per heavy atom. The van der Waals surface area contributed by atoms with E-state index in [-0.39, 0.29) is 5.56 Å². The summed E-state index contributed by atoms with van der Waals surface area (Å²) >= 11 is 4.62. The zero-order valence-electron chi connectivity index (χ0n) is 12.8. The summed E-state index contributed by atoms with van der Waals surface area (Å²) in [5.41, 5.74) is 4.04. The molecule has 0 saturated heterocycles. The van der Waals surface area contributed by atoms with E-state index >= 15 is 0 Å². The van der Waals surface area contributed by atoms with Crippen LogP contribution in [0.15, 0.2) is 50.2 Å². The first kappa shape index (κ1) is 15.6. The Morgan fingerprint density at radius 2 is 1.96 bits per heavy atom. The summed E-state index contributed by atoms with van der Waals surface area (Å²) in [6.07, 6.45) is 0. The molecule has 120 valence electrons. The number of nitrogens with zero attached hydrogens (tertiary/aromatic N) is 2.